The largest absolute Gasteiger partial charge is 0.508 e. The van der Waals surface area contributed by atoms with Crippen molar-refractivity contribution in [2.75, 3.05) is 0 Å². The topological polar surface area (TPSA) is 40.5 Å². The Hall–Kier alpha value is -3.52. The molecule has 2 saturated carbocycles. The molecule has 2 fully saturated rings. The molecule has 2 aliphatic rings. The van der Waals surface area contributed by atoms with Crippen molar-refractivity contribution in [3.63, 3.8) is 0 Å². The molecular formula is C41H48O2. The predicted octanol–water partition coefficient (Wildman–Crippen LogP) is 11.1. The number of hydrogen-bond donors (Lipinski definition) is 2. The van der Waals surface area contributed by atoms with Gasteiger partial charge >= 0.3 is 0 Å². The summed E-state index contributed by atoms with van der Waals surface area (Å²) in [5, 5.41) is 22.9. The monoisotopic (exact) mass is 572 g/mol. The number of hydrogen-bond acceptors (Lipinski definition) is 2. The Balaban J connectivity index is 1.48. The van der Waals surface area contributed by atoms with Gasteiger partial charge in [0.1, 0.15) is 11.5 Å². The van der Waals surface area contributed by atoms with Crippen LogP contribution in [0.25, 0.3) is 0 Å². The third-order valence-electron chi connectivity index (χ3n) is 10.6. The van der Waals surface area contributed by atoms with Crippen LogP contribution in [0.2, 0.25) is 0 Å². The number of phenolic OH excluding ortho intramolecular Hbond substituents is 2. The van der Waals surface area contributed by atoms with Crippen LogP contribution < -0.4 is 0 Å². The summed E-state index contributed by atoms with van der Waals surface area (Å²) in [6.45, 7) is 4.54. The van der Waals surface area contributed by atoms with Crippen LogP contribution in [0.5, 0.6) is 11.5 Å². The molecule has 2 nitrogen and oxygen atoms in total. The van der Waals surface area contributed by atoms with Gasteiger partial charge in [0.15, 0.2) is 0 Å². The van der Waals surface area contributed by atoms with Crippen LogP contribution in [0.3, 0.4) is 0 Å². The summed E-state index contributed by atoms with van der Waals surface area (Å²) >= 11 is 0. The highest BCUT2D eigenvalue weighted by molar-refractivity contribution is 5.53. The third-order valence-corrected chi connectivity index (χ3v) is 10.6. The van der Waals surface area contributed by atoms with E-state index in [9.17, 15) is 10.2 Å². The van der Waals surface area contributed by atoms with Crippen LogP contribution in [0.4, 0.5) is 0 Å². The number of phenols is 2. The van der Waals surface area contributed by atoms with Gasteiger partial charge in [0, 0.05) is 11.8 Å². The Morgan fingerprint density at radius 3 is 1.28 bits per heavy atom. The Labute approximate surface area is 258 Å². The standard InChI is InChI=1S/C41H48O2/c1-28(30-15-7-3-8-16-30)36-26-40(42)38(32-19-11-5-12-20-32)24-34(36)23-35-25-39(33-21-13-6-14-22-33)41(43)27-37(35)29(2)31-17-9-4-10-18-31/h3-4,7-10,15-18,24-29,32-33,42-43H,5-6,11-14,19-23H2,1-2H3. The van der Waals surface area contributed by atoms with Crippen molar-refractivity contribution in [2.45, 2.75) is 108 Å². The first-order valence-electron chi connectivity index (χ1n) is 16.8. The summed E-state index contributed by atoms with van der Waals surface area (Å²) in [6, 6.07) is 30.2. The molecule has 224 valence electrons. The predicted molar refractivity (Wildman–Crippen MR) is 179 cm³/mol. The molecule has 2 aliphatic carbocycles. The van der Waals surface area contributed by atoms with Gasteiger partial charge in [0.25, 0.3) is 0 Å². The zero-order chi connectivity index (χ0) is 29.8. The highest BCUT2D eigenvalue weighted by Crippen LogP contribution is 2.44. The molecule has 2 heteroatoms. The number of aromatic hydroxyl groups is 2. The molecular weight excluding hydrogens is 524 g/mol. The SMILES string of the molecule is CC(c1ccccc1)c1cc(O)c(C2CCCCC2)cc1Cc1cc(C2CCCCC2)c(O)cc1C(C)c1ccccc1. The molecule has 2 unspecified atom stereocenters. The fourth-order valence-electron chi connectivity index (χ4n) is 7.98. The molecule has 0 aliphatic heterocycles. The second kappa shape index (κ2) is 13.4. The van der Waals surface area contributed by atoms with E-state index in [4.69, 9.17) is 0 Å². The summed E-state index contributed by atoms with van der Waals surface area (Å²) in [6.07, 6.45) is 13.0. The highest BCUT2D eigenvalue weighted by Gasteiger charge is 2.26. The van der Waals surface area contributed by atoms with Gasteiger partial charge in [-0.15, -0.1) is 0 Å². The highest BCUT2D eigenvalue weighted by atomic mass is 16.3. The Bertz CT molecular complexity index is 1380. The lowest BCUT2D eigenvalue weighted by Gasteiger charge is -2.28. The normalized spacial score (nSPS) is 17.9. The molecule has 0 spiro atoms. The van der Waals surface area contributed by atoms with Gasteiger partial charge in [-0.3, -0.25) is 0 Å². The van der Waals surface area contributed by atoms with Gasteiger partial charge in [0.05, 0.1) is 0 Å². The van der Waals surface area contributed by atoms with Gasteiger partial charge < -0.3 is 10.2 Å². The minimum absolute atomic E-state index is 0.160. The van der Waals surface area contributed by atoms with Crippen LogP contribution in [-0.4, -0.2) is 10.2 Å². The molecule has 0 heterocycles. The van der Waals surface area contributed by atoms with E-state index < -0.39 is 0 Å². The summed E-state index contributed by atoms with van der Waals surface area (Å²) < 4.78 is 0. The summed E-state index contributed by atoms with van der Waals surface area (Å²) in [5.74, 6) is 2.09. The van der Waals surface area contributed by atoms with E-state index in [1.807, 2.05) is 0 Å². The van der Waals surface area contributed by atoms with Crippen molar-refractivity contribution >= 4 is 0 Å². The van der Waals surface area contributed by atoms with Crippen molar-refractivity contribution in [3.8, 4) is 11.5 Å². The minimum Gasteiger partial charge on any atom is -0.508 e. The third kappa shape index (κ3) is 6.54. The fraction of sp³-hybridized carbons (Fsp3) is 0.415. The van der Waals surface area contributed by atoms with Crippen LogP contribution in [0.15, 0.2) is 84.9 Å². The lowest BCUT2D eigenvalue weighted by Crippen LogP contribution is -2.11. The lowest BCUT2D eigenvalue weighted by atomic mass is 9.77. The molecule has 2 atom stereocenters. The van der Waals surface area contributed by atoms with Gasteiger partial charge in [-0.1, -0.05) is 125 Å². The van der Waals surface area contributed by atoms with Crippen LogP contribution in [0.1, 0.15) is 146 Å². The molecule has 0 saturated heterocycles. The Kier molecular flexibility index (Phi) is 9.22. The maximum Gasteiger partial charge on any atom is 0.119 e. The van der Waals surface area contributed by atoms with Crippen molar-refractivity contribution in [1.82, 2.24) is 0 Å². The average Bonchev–Trinajstić information content (AvgIpc) is 3.07. The molecule has 4 aromatic rings. The van der Waals surface area contributed by atoms with Crippen molar-refractivity contribution < 1.29 is 10.2 Å². The fourth-order valence-corrected chi connectivity index (χ4v) is 7.98. The molecule has 4 aromatic carbocycles. The van der Waals surface area contributed by atoms with Crippen molar-refractivity contribution in [2.24, 2.45) is 0 Å². The van der Waals surface area contributed by atoms with Crippen molar-refractivity contribution in [1.29, 1.82) is 0 Å². The Morgan fingerprint density at radius 2 is 0.907 bits per heavy atom. The van der Waals surface area contributed by atoms with E-state index in [2.05, 4.69) is 98.8 Å². The summed E-state index contributed by atoms with van der Waals surface area (Å²) in [5.41, 5.74) is 9.79. The first-order chi connectivity index (χ1) is 21.0. The number of rotatable bonds is 8. The zero-order valence-corrected chi connectivity index (χ0v) is 26.1. The Morgan fingerprint density at radius 1 is 0.535 bits per heavy atom. The van der Waals surface area contributed by atoms with Crippen LogP contribution in [0, 0.1) is 0 Å². The first-order valence-corrected chi connectivity index (χ1v) is 16.8. The summed E-state index contributed by atoms with van der Waals surface area (Å²) in [7, 11) is 0. The first kappa shape index (κ1) is 29.5. The second-order valence-corrected chi connectivity index (χ2v) is 13.3. The molecule has 0 amide bonds. The smallest absolute Gasteiger partial charge is 0.119 e. The van der Waals surface area contributed by atoms with Gasteiger partial charge in [-0.25, -0.2) is 0 Å². The lowest BCUT2D eigenvalue weighted by molar-refractivity contribution is 0.413. The van der Waals surface area contributed by atoms with E-state index in [-0.39, 0.29) is 11.8 Å². The maximum absolute atomic E-state index is 11.4. The van der Waals surface area contributed by atoms with Gasteiger partial charge in [0.2, 0.25) is 0 Å². The number of benzene rings is 4. The van der Waals surface area contributed by atoms with Gasteiger partial charge in [-0.05, 0) is 101 Å². The van der Waals surface area contributed by atoms with E-state index in [0.717, 1.165) is 43.2 Å². The molecule has 0 radical (unpaired) electrons. The van der Waals surface area contributed by atoms with E-state index in [1.54, 1.807) is 0 Å². The molecule has 0 bridgehead atoms. The molecule has 0 aromatic heterocycles. The second-order valence-electron chi connectivity index (χ2n) is 13.3. The van der Waals surface area contributed by atoms with Crippen LogP contribution in [-0.2, 0) is 6.42 Å². The van der Waals surface area contributed by atoms with E-state index in [0.29, 0.717) is 23.3 Å². The average molecular weight is 573 g/mol. The zero-order valence-electron chi connectivity index (χ0n) is 26.1. The summed E-state index contributed by atoms with van der Waals surface area (Å²) in [4.78, 5) is 0. The van der Waals surface area contributed by atoms with Crippen molar-refractivity contribution in [3.05, 3.63) is 129 Å². The van der Waals surface area contributed by atoms with E-state index in [1.165, 1.54) is 71.9 Å². The quantitative estimate of drug-likeness (QED) is 0.220. The van der Waals surface area contributed by atoms with E-state index >= 15 is 0 Å². The molecule has 2 N–H and O–H groups in total. The maximum atomic E-state index is 11.4. The molecule has 43 heavy (non-hydrogen) atoms. The van der Waals surface area contributed by atoms with Crippen LogP contribution >= 0.6 is 0 Å². The molecule has 6 rings (SSSR count). The minimum atomic E-state index is 0.160. The van der Waals surface area contributed by atoms with Gasteiger partial charge in [-0.2, -0.15) is 0 Å².